The van der Waals surface area contributed by atoms with Crippen molar-refractivity contribution in [1.29, 1.82) is 0 Å². The zero-order valence-electron chi connectivity index (χ0n) is 12.4. The fourth-order valence-electron chi connectivity index (χ4n) is 3.11. The minimum Gasteiger partial charge on any atom is -0.481 e. The molecule has 0 aromatic heterocycles. The molecule has 1 amide bonds. The highest BCUT2D eigenvalue weighted by atomic mass is 16.4. The van der Waals surface area contributed by atoms with Crippen LogP contribution in [0.15, 0.2) is 0 Å². The molecule has 6 nitrogen and oxygen atoms in total. The molecule has 2 aliphatic rings. The van der Waals surface area contributed by atoms with Crippen molar-refractivity contribution in [3.63, 3.8) is 0 Å². The molecule has 1 atom stereocenters. The molecular weight excluding hydrogens is 258 g/mol. The number of amides is 1. The number of hydrogen-bond acceptors (Lipinski definition) is 4. The summed E-state index contributed by atoms with van der Waals surface area (Å²) in [6.45, 7) is 8.44. The van der Waals surface area contributed by atoms with Crippen LogP contribution in [0.2, 0.25) is 0 Å². The lowest BCUT2D eigenvalue weighted by Crippen LogP contribution is -2.61. The Morgan fingerprint density at radius 2 is 1.85 bits per heavy atom. The van der Waals surface area contributed by atoms with E-state index in [1.807, 2.05) is 13.8 Å². The van der Waals surface area contributed by atoms with Crippen molar-refractivity contribution in [1.82, 2.24) is 15.1 Å². The van der Waals surface area contributed by atoms with E-state index in [1.54, 1.807) is 4.90 Å². The molecular formula is C14H25N3O3. The second-order valence-electron chi connectivity index (χ2n) is 6.22. The number of carbonyl (C=O) groups excluding carboxylic acids is 1. The Bertz CT molecular complexity index is 378. The average molecular weight is 283 g/mol. The van der Waals surface area contributed by atoms with Gasteiger partial charge in [-0.25, -0.2) is 0 Å². The van der Waals surface area contributed by atoms with E-state index in [0.29, 0.717) is 19.5 Å². The van der Waals surface area contributed by atoms with E-state index in [0.717, 1.165) is 32.6 Å². The van der Waals surface area contributed by atoms with Crippen LogP contribution in [-0.2, 0) is 9.59 Å². The fraction of sp³-hybridized carbons (Fsp3) is 0.857. The molecule has 0 aromatic carbocycles. The summed E-state index contributed by atoms with van der Waals surface area (Å²) in [7, 11) is 0. The van der Waals surface area contributed by atoms with Gasteiger partial charge in [-0.1, -0.05) is 0 Å². The zero-order chi connectivity index (χ0) is 14.8. The number of nitrogens with zero attached hydrogens (tertiary/aromatic N) is 2. The number of likely N-dealkylation sites (tertiary alicyclic amines) is 1. The van der Waals surface area contributed by atoms with Crippen molar-refractivity contribution in [3.8, 4) is 0 Å². The highest BCUT2D eigenvalue weighted by molar-refractivity contribution is 5.86. The highest BCUT2D eigenvalue weighted by Crippen LogP contribution is 2.23. The summed E-state index contributed by atoms with van der Waals surface area (Å²) < 4.78 is 0. The number of hydrogen-bond donors (Lipinski definition) is 2. The lowest BCUT2D eigenvalue weighted by molar-refractivity contribution is -0.150. The standard InChI is InChI=1S/C14H25N3O3/c1-14(2,17-8-5-15-6-9-17)13(20)16-7-3-4-11(10-16)12(18)19/h11,15H,3-10H2,1-2H3,(H,18,19). The van der Waals surface area contributed by atoms with Crippen LogP contribution in [0.25, 0.3) is 0 Å². The normalized spacial score (nSPS) is 25.5. The Balaban J connectivity index is 2.03. The monoisotopic (exact) mass is 283 g/mol. The summed E-state index contributed by atoms with van der Waals surface area (Å²) in [6, 6.07) is 0. The topological polar surface area (TPSA) is 72.9 Å². The summed E-state index contributed by atoms with van der Waals surface area (Å²) in [4.78, 5) is 27.8. The third-order valence-electron chi connectivity index (χ3n) is 4.49. The Morgan fingerprint density at radius 3 is 2.45 bits per heavy atom. The van der Waals surface area contributed by atoms with Gasteiger partial charge in [0.1, 0.15) is 0 Å². The van der Waals surface area contributed by atoms with Gasteiger partial charge in [-0.15, -0.1) is 0 Å². The number of carboxylic acids is 1. The van der Waals surface area contributed by atoms with Gasteiger partial charge in [-0.2, -0.15) is 0 Å². The van der Waals surface area contributed by atoms with Crippen LogP contribution in [0.4, 0.5) is 0 Å². The first kappa shape index (κ1) is 15.3. The molecule has 0 saturated carbocycles. The molecule has 114 valence electrons. The molecule has 0 bridgehead atoms. The van der Waals surface area contributed by atoms with Gasteiger partial charge in [-0.3, -0.25) is 14.5 Å². The molecule has 2 fully saturated rings. The van der Waals surface area contributed by atoms with E-state index in [9.17, 15) is 9.59 Å². The van der Waals surface area contributed by atoms with E-state index in [2.05, 4.69) is 10.2 Å². The molecule has 2 aliphatic heterocycles. The molecule has 0 radical (unpaired) electrons. The fourth-order valence-corrected chi connectivity index (χ4v) is 3.11. The molecule has 0 aliphatic carbocycles. The van der Waals surface area contributed by atoms with Crippen LogP contribution < -0.4 is 5.32 Å². The van der Waals surface area contributed by atoms with Crippen LogP contribution >= 0.6 is 0 Å². The first-order chi connectivity index (χ1) is 9.43. The first-order valence-corrected chi connectivity index (χ1v) is 7.41. The van der Waals surface area contributed by atoms with E-state index in [4.69, 9.17) is 5.11 Å². The number of piperazine rings is 1. The quantitative estimate of drug-likeness (QED) is 0.762. The van der Waals surface area contributed by atoms with Crippen molar-refractivity contribution in [2.75, 3.05) is 39.3 Å². The second kappa shape index (κ2) is 6.10. The number of piperidine rings is 1. The van der Waals surface area contributed by atoms with Crippen molar-refractivity contribution in [3.05, 3.63) is 0 Å². The minimum atomic E-state index is -0.789. The lowest BCUT2D eigenvalue weighted by Gasteiger charge is -2.44. The van der Waals surface area contributed by atoms with Crippen LogP contribution in [0.3, 0.4) is 0 Å². The molecule has 2 N–H and O–H groups in total. The molecule has 0 aromatic rings. The van der Waals surface area contributed by atoms with E-state index in [-0.39, 0.29) is 5.91 Å². The van der Waals surface area contributed by atoms with Gasteiger partial charge in [0.05, 0.1) is 11.5 Å². The average Bonchev–Trinajstić information content (AvgIpc) is 2.47. The maximum absolute atomic E-state index is 12.8. The van der Waals surface area contributed by atoms with Gasteiger partial charge in [0.15, 0.2) is 0 Å². The lowest BCUT2D eigenvalue weighted by atomic mass is 9.94. The Kier molecular flexibility index (Phi) is 4.65. The third kappa shape index (κ3) is 3.12. The number of nitrogens with one attached hydrogen (secondary N) is 1. The van der Waals surface area contributed by atoms with Gasteiger partial charge >= 0.3 is 5.97 Å². The maximum atomic E-state index is 12.8. The number of aliphatic carboxylic acids is 1. The van der Waals surface area contributed by atoms with E-state index >= 15 is 0 Å². The van der Waals surface area contributed by atoms with Crippen molar-refractivity contribution < 1.29 is 14.7 Å². The molecule has 6 heteroatoms. The van der Waals surface area contributed by atoms with Gasteiger partial charge in [0.2, 0.25) is 5.91 Å². The van der Waals surface area contributed by atoms with Gasteiger partial charge < -0.3 is 15.3 Å². The number of carboxylic acid groups (broad SMARTS) is 1. The smallest absolute Gasteiger partial charge is 0.308 e. The highest BCUT2D eigenvalue weighted by Gasteiger charge is 2.40. The van der Waals surface area contributed by atoms with Gasteiger partial charge in [0, 0.05) is 39.3 Å². The molecule has 2 heterocycles. The van der Waals surface area contributed by atoms with Gasteiger partial charge in [-0.05, 0) is 26.7 Å². The van der Waals surface area contributed by atoms with E-state index < -0.39 is 17.4 Å². The Morgan fingerprint density at radius 1 is 1.20 bits per heavy atom. The number of carbonyl (C=O) groups is 2. The van der Waals surface area contributed by atoms with E-state index in [1.165, 1.54) is 0 Å². The maximum Gasteiger partial charge on any atom is 0.308 e. The van der Waals surface area contributed by atoms with Crippen LogP contribution in [-0.4, -0.2) is 71.6 Å². The second-order valence-corrected chi connectivity index (χ2v) is 6.22. The Labute approximate surface area is 120 Å². The summed E-state index contributed by atoms with van der Waals surface area (Å²) in [6.07, 6.45) is 1.45. The summed E-state index contributed by atoms with van der Waals surface area (Å²) in [5.74, 6) is -1.14. The summed E-state index contributed by atoms with van der Waals surface area (Å²) in [5, 5.41) is 12.4. The molecule has 2 rings (SSSR count). The zero-order valence-corrected chi connectivity index (χ0v) is 12.4. The predicted octanol–water partition coefficient (Wildman–Crippen LogP) is -0.00660. The largest absolute Gasteiger partial charge is 0.481 e. The SMILES string of the molecule is CC(C)(C(=O)N1CCCC(C(=O)O)C1)N1CCNCC1. The molecule has 20 heavy (non-hydrogen) atoms. The predicted molar refractivity (Wildman–Crippen MR) is 75.5 cm³/mol. The van der Waals surface area contributed by atoms with Crippen LogP contribution in [0, 0.1) is 5.92 Å². The Hall–Kier alpha value is -1.14. The molecule has 2 saturated heterocycles. The molecule has 0 spiro atoms. The summed E-state index contributed by atoms with van der Waals surface area (Å²) >= 11 is 0. The van der Waals surface area contributed by atoms with Crippen molar-refractivity contribution in [2.45, 2.75) is 32.2 Å². The first-order valence-electron chi connectivity index (χ1n) is 7.41. The van der Waals surface area contributed by atoms with Crippen LogP contribution in [0.5, 0.6) is 0 Å². The van der Waals surface area contributed by atoms with Gasteiger partial charge in [0.25, 0.3) is 0 Å². The van der Waals surface area contributed by atoms with Crippen molar-refractivity contribution in [2.24, 2.45) is 5.92 Å². The summed E-state index contributed by atoms with van der Waals surface area (Å²) in [5.41, 5.74) is -0.553. The minimum absolute atomic E-state index is 0.0605. The van der Waals surface area contributed by atoms with Crippen molar-refractivity contribution >= 4 is 11.9 Å². The third-order valence-corrected chi connectivity index (χ3v) is 4.49. The molecule has 1 unspecified atom stereocenters. The van der Waals surface area contributed by atoms with Crippen LogP contribution in [0.1, 0.15) is 26.7 Å². The number of rotatable bonds is 3.